The maximum Gasteiger partial charge on any atom is 0.333 e. The third kappa shape index (κ3) is 2.33. The van der Waals surface area contributed by atoms with Crippen LogP contribution in [0.2, 0.25) is 0 Å². The molecule has 1 aromatic rings. The van der Waals surface area contributed by atoms with Crippen molar-refractivity contribution in [2.45, 2.75) is 40.0 Å². The highest BCUT2D eigenvalue weighted by Gasteiger charge is 2.20. The fourth-order valence-corrected chi connectivity index (χ4v) is 2.69. The number of hydrogen-bond donors (Lipinski definition) is 0. The van der Waals surface area contributed by atoms with Gasteiger partial charge in [0.1, 0.15) is 0 Å². The van der Waals surface area contributed by atoms with Crippen LogP contribution in [0.15, 0.2) is 23.8 Å². The van der Waals surface area contributed by atoms with E-state index in [4.69, 9.17) is 4.74 Å². The van der Waals surface area contributed by atoms with Crippen molar-refractivity contribution in [1.29, 1.82) is 0 Å². The molecule has 0 unspecified atom stereocenters. The Bertz CT molecular complexity index is 498. The van der Waals surface area contributed by atoms with E-state index < -0.39 is 0 Å². The largest absolute Gasteiger partial charge is 0.463 e. The first kappa shape index (κ1) is 12.9. The average Bonchev–Trinajstić information content (AvgIpc) is 2.38. The van der Waals surface area contributed by atoms with Crippen molar-refractivity contribution in [3.05, 3.63) is 40.5 Å². The summed E-state index contributed by atoms with van der Waals surface area (Å²) in [5.74, 6) is -0.177. The molecule has 18 heavy (non-hydrogen) atoms. The minimum absolute atomic E-state index is 0.177. The molecule has 0 saturated heterocycles. The van der Waals surface area contributed by atoms with Crippen molar-refractivity contribution in [3.8, 4) is 0 Å². The number of esters is 1. The first-order chi connectivity index (χ1) is 8.65. The zero-order valence-corrected chi connectivity index (χ0v) is 11.4. The second-order valence-electron chi connectivity index (χ2n) is 4.79. The van der Waals surface area contributed by atoms with Crippen LogP contribution in [-0.2, 0) is 16.0 Å². The van der Waals surface area contributed by atoms with E-state index in [0.717, 1.165) is 24.8 Å². The van der Waals surface area contributed by atoms with Crippen LogP contribution in [0.1, 0.15) is 43.4 Å². The molecule has 0 N–H and O–H groups in total. The van der Waals surface area contributed by atoms with Crippen molar-refractivity contribution in [1.82, 2.24) is 0 Å². The fourth-order valence-electron chi connectivity index (χ4n) is 2.69. The lowest BCUT2D eigenvalue weighted by atomic mass is 9.82. The smallest absolute Gasteiger partial charge is 0.333 e. The van der Waals surface area contributed by atoms with Crippen molar-refractivity contribution in [3.63, 3.8) is 0 Å². The fraction of sp³-hybridized carbons (Fsp3) is 0.438. The maximum atomic E-state index is 11.9. The summed E-state index contributed by atoms with van der Waals surface area (Å²) in [5, 5.41) is 0. The predicted molar refractivity (Wildman–Crippen MR) is 73.3 cm³/mol. The van der Waals surface area contributed by atoms with Gasteiger partial charge in [0.25, 0.3) is 0 Å². The molecule has 1 aliphatic carbocycles. The number of aryl methyl sites for hydroxylation is 2. The summed E-state index contributed by atoms with van der Waals surface area (Å²) in [6, 6.07) is 6.37. The molecule has 0 bridgehead atoms. The highest BCUT2D eigenvalue weighted by Crippen LogP contribution is 2.35. The molecule has 0 aromatic heterocycles. The Morgan fingerprint density at radius 1 is 1.33 bits per heavy atom. The van der Waals surface area contributed by atoms with Gasteiger partial charge in [0.2, 0.25) is 0 Å². The Balaban J connectivity index is 2.49. The molecule has 0 saturated carbocycles. The van der Waals surface area contributed by atoms with Gasteiger partial charge in [-0.05, 0) is 62.3 Å². The molecule has 0 heterocycles. The molecule has 2 nitrogen and oxygen atoms in total. The lowest BCUT2D eigenvalue weighted by molar-refractivity contribution is -0.138. The molecule has 2 rings (SSSR count). The van der Waals surface area contributed by atoms with Crippen molar-refractivity contribution >= 4 is 11.5 Å². The van der Waals surface area contributed by atoms with E-state index in [1.165, 1.54) is 22.3 Å². The molecule has 0 aliphatic heterocycles. The quantitative estimate of drug-likeness (QED) is 0.586. The maximum absolute atomic E-state index is 11.9. The third-order valence-corrected chi connectivity index (χ3v) is 3.57. The van der Waals surface area contributed by atoms with Gasteiger partial charge in [-0.15, -0.1) is 0 Å². The topological polar surface area (TPSA) is 26.3 Å². The summed E-state index contributed by atoms with van der Waals surface area (Å²) in [6.45, 7) is 6.28. The Morgan fingerprint density at radius 2 is 2.11 bits per heavy atom. The van der Waals surface area contributed by atoms with Crippen LogP contribution in [0.25, 0.3) is 5.57 Å². The molecular formula is C16H20O2. The van der Waals surface area contributed by atoms with Gasteiger partial charge in [-0.3, -0.25) is 0 Å². The number of rotatable bonds is 2. The first-order valence-electron chi connectivity index (χ1n) is 6.61. The van der Waals surface area contributed by atoms with E-state index >= 15 is 0 Å². The van der Waals surface area contributed by atoms with Crippen molar-refractivity contribution in [2.24, 2.45) is 0 Å². The Hall–Kier alpha value is -1.57. The highest BCUT2D eigenvalue weighted by molar-refractivity contribution is 5.98. The second kappa shape index (κ2) is 5.38. The minimum Gasteiger partial charge on any atom is -0.463 e. The third-order valence-electron chi connectivity index (χ3n) is 3.57. The van der Waals surface area contributed by atoms with Crippen LogP contribution in [0.3, 0.4) is 0 Å². The molecular weight excluding hydrogens is 224 g/mol. The summed E-state index contributed by atoms with van der Waals surface area (Å²) in [7, 11) is 0. The van der Waals surface area contributed by atoms with E-state index in [2.05, 4.69) is 25.1 Å². The zero-order chi connectivity index (χ0) is 13.1. The highest BCUT2D eigenvalue weighted by atomic mass is 16.5. The van der Waals surface area contributed by atoms with Gasteiger partial charge in [0, 0.05) is 5.57 Å². The van der Waals surface area contributed by atoms with E-state index in [-0.39, 0.29) is 5.97 Å². The Morgan fingerprint density at radius 3 is 2.83 bits per heavy atom. The van der Waals surface area contributed by atoms with E-state index in [9.17, 15) is 4.79 Å². The summed E-state index contributed by atoms with van der Waals surface area (Å²) >= 11 is 0. The van der Waals surface area contributed by atoms with Gasteiger partial charge in [0.05, 0.1) is 6.61 Å². The molecule has 0 fully saturated rings. The summed E-state index contributed by atoms with van der Waals surface area (Å²) in [5.41, 5.74) is 5.83. The first-order valence-corrected chi connectivity index (χ1v) is 6.61. The van der Waals surface area contributed by atoms with Gasteiger partial charge < -0.3 is 4.74 Å². The molecule has 0 atom stereocenters. The summed E-state index contributed by atoms with van der Waals surface area (Å²) in [4.78, 5) is 11.9. The van der Waals surface area contributed by atoms with E-state index in [1.807, 2.05) is 13.8 Å². The molecule has 1 aromatic carbocycles. The van der Waals surface area contributed by atoms with Crippen LogP contribution in [-0.4, -0.2) is 12.6 Å². The van der Waals surface area contributed by atoms with E-state index in [0.29, 0.717) is 6.61 Å². The van der Waals surface area contributed by atoms with Crippen LogP contribution in [0.4, 0.5) is 0 Å². The molecule has 96 valence electrons. The molecule has 0 spiro atoms. The zero-order valence-electron chi connectivity index (χ0n) is 11.4. The van der Waals surface area contributed by atoms with Crippen molar-refractivity contribution in [2.75, 3.05) is 6.61 Å². The van der Waals surface area contributed by atoms with Gasteiger partial charge in [-0.2, -0.15) is 0 Å². The number of carbonyl (C=O) groups is 1. The standard InChI is InChI=1S/C16H20O2/c1-4-18-16(17)12(3)14-10-6-9-13-8-5-7-11(2)15(13)14/h5,7-8H,4,6,9-10H2,1-3H3/b14-12+. The van der Waals surface area contributed by atoms with Crippen molar-refractivity contribution < 1.29 is 9.53 Å². The molecule has 2 heteroatoms. The molecule has 1 aliphatic rings. The minimum atomic E-state index is -0.177. The number of hydrogen-bond acceptors (Lipinski definition) is 2. The SMILES string of the molecule is CCOC(=O)/C(C)=C1\CCCc2cccc(C)c21. The number of carbonyl (C=O) groups excluding carboxylic acids is 1. The molecule has 0 radical (unpaired) electrons. The Labute approximate surface area is 109 Å². The number of benzene rings is 1. The van der Waals surface area contributed by atoms with E-state index in [1.54, 1.807) is 0 Å². The molecule has 0 amide bonds. The summed E-state index contributed by atoms with van der Waals surface area (Å²) < 4.78 is 5.11. The number of fused-ring (bicyclic) bond motifs is 1. The number of ether oxygens (including phenoxy) is 1. The monoisotopic (exact) mass is 244 g/mol. The van der Waals surface area contributed by atoms with Gasteiger partial charge in [0.15, 0.2) is 0 Å². The van der Waals surface area contributed by atoms with Gasteiger partial charge >= 0.3 is 5.97 Å². The lowest BCUT2D eigenvalue weighted by Crippen LogP contribution is -2.11. The Kier molecular flexibility index (Phi) is 3.85. The van der Waals surface area contributed by atoms with Gasteiger partial charge in [-0.25, -0.2) is 4.79 Å². The van der Waals surface area contributed by atoms with Crippen LogP contribution in [0, 0.1) is 6.92 Å². The average molecular weight is 244 g/mol. The normalized spacial score (nSPS) is 17.1. The predicted octanol–water partition coefficient (Wildman–Crippen LogP) is 3.67. The number of allylic oxidation sites excluding steroid dienone is 1. The lowest BCUT2D eigenvalue weighted by Gasteiger charge is -2.23. The summed E-state index contributed by atoms with van der Waals surface area (Å²) in [6.07, 6.45) is 3.20. The van der Waals surface area contributed by atoms with Gasteiger partial charge in [-0.1, -0.05) is 18.2 Å². The second-order valence-corrected chi connectivity index (χ2v) is 4.79. The van der Waals surface area contributed by atoms with Crippen LogP contribution in [0.5, 0.6) is 0 Å². The van der Waals surface area contributed by atoms with Crippen LogP contribution >= 0.6 is 0 Å². The van der Waals surface area contributed by atoms with Crippen LogP contribution < -0.4 is 0 Å².